The number of hydrogen-bond donors (Lipinski definition) is 1. The van der Waals surface area contributed by atoms with E-state index in [2.05, 4.69) is 0 Å². The number of carbonyl (C=O) groups is 2. The van der Waals surface area contributed by atoms with Crippen LogP contribution < -0.4 is 10.5 Å². The van der Waals surface area contributed by atoms with E-state index in [1.807, 2.05) is 0 Å². The van der Waals surface area contributed by atoms with Gasteiger partial charge in [-0.3, -0.25) is 9.59 Å². The highest BCUT2D eigenvalue weighted by Crippen LogP contribution is 2.35. The average molecular weight is 453 g/mol. The number of nitrogens with zero attached hydrogens (tertiary/aromatic N) is 1. The summed E-state index contributed by atoms with van der Waals surface area (Å²) < 4.78 is 20.0. The summed E-state index contributed by atoms with van der Waals surface area (Å²) >= 11 is 12.1. The number of benzene rings is 2. The summed E-state index contributed by atoms with van der Waals surface area (Å²) in [6.45, 7) is 1.02. The van der Waals surface area contributed by atoms with Crippen LogP contribution in [0.1, 0.15) is 24.8 Å². The Hall–Kier alpha value is -2.31. The summed E-state index contributed by atoms with van der Waals surface area (Å²) in [6, 6.07) is 11.3. The molecule has 0 aromatic heterocycles. The van der Waals surface area contributed by atoms with Gasteiger partial charge in [-0.25, -0.2) is 4.39 Å². The summed E-state index contributed by atoms with van der Waals surface area (Å²) in [5, 5.41) is 0.756. The van der Waals surface area contributed by atoms with Crippen molar-refractivity contribution in [1.29, 1.82) is 0 Å². The number of piperidine rings is 1. The Kier molecular flexibility index (Phi) is 7.21. The molecule has 0 bridgehead atoms. The molecule has 1 atom stereocenters. The molecule has 160 valence electrons. The van der Waals surface area contributed by atoms with E-state index < -0.39 is 17.1 Å². The number of primary amides is 1. The summed E-state index contributed by atoms with van der Waals surface area (Å²) in [4.78, 5) is 26.3. The molecular formula is C22H23Cl2FN2O3. The molecule has 0 saturated carbocycles. The van der Waals surface area contributed by atoms with Crippen LogP contribution in [-0.2, 0) is 16.0 Å². The van der Waals surface area contributed by atoms with Gasteiger partial charge in [0.25, 0.3) is 0 Å². The standard InChI is InChI=1S/C22H23Cl2FN2O3/c23-15-4-1-5-16(10-15)30-14-22(12-20(26)28)8-3-9-27(13-22)21(29)11-17-18(24)6-2-7-19(17)25/h1-2,4-7,10H,3,8-9,11-14H2,(H2,26,28). The summed E-state index contributed by atoms with van der Waals surface area (Å²) in [6.07, 6.45) is 1.30. The first kappa shape index (κ1) is 22.4. The van der Waals surface area contributed by atoms with Crippen molar-refractivity contribution in [1.82, 2.24) is 4.90 Å². The van der Waals surface area contributed by atoms with Crippen LogP contribution in [0.5, 0.6) is 5.75 Å². The van der Waals surface area contributed by atoms with Gasteiger partial charge in [-0.15, -0.1) is 0 Å². The Labute approximate surface area is 184 Å². The van der Waals surface area contributed by atoms with Crippen molar-refractivity contribution in [3.8, 4) is 5.75 Å². The van der Waals surface area contributed by atoms with Gasteiger partial charge < -0.3 is 15.4 Å². The Morgan fingerprint density at radius 3 is 2.67 bits per heavy atom. The van der Waals surface area contributed by atoms with Crippen molar-refractivity contribution in [2.75, 3.05) is 19.7 Å². The van der Waals surface area contributed by atoms with Crippen LogP contribution >= 0.6 is 23.2 Å². The molecule has 2 aromatic carbocycles. The van der Waals surface area contributed by atoms with Crippen LogP contribution in [0.25, 0.3) is 0 Å². The van der Waals surface area contributed by atoms with Crippen molar-refractivity contribution in [2.45, 2.75) is 25.7 Å². The molecule has 1 aliphatic rings. The number of nitrogens with two attached hydrogens (primary N) is 1. The predicted octanol–water partition coefficient (Wildman–Crippen LogP) is 4.24. The zero-order valence-electron chi connectivity index (χ0n) is 16.4. The van der Waals surface area contributed by atoms with Gasteiger partial charge in [0.1, 0.15) is 11.6 Å². The Balaban J connectivity index is 1.74. The first-order chi connectivity index (χ1) is 14.3. The van der Waals surface area contributed by atoms with E-state index in [1.165, 1.54) is 12.1 Å². The predicted molar refractivity (Wildman–Crippen MR) is 114 cm³/mol. The smallest absolute Gasteiger partial charge is 0.227 e. The molecule has 1 saturated heterocycles. The minimum absolute atomic E-state index is 0.0812. The van der Waals surface area contributed by atoms with Crippen molar-refractivity contribution < 1.29 is 18.7 Å². The van der Waals surface area contributed by atoms with E-state index in [0.717, 1.165) is 0 Å². The fourth-order valence-electron chi connectivity index (χ4n) is 3.86. The maximum Gasteiger partial charge on any atom is 0.227 e. The molecule has 1 heterocycles. The minimum atomic E-state index is -0.624. The van der Waals surface area contributed by atoms with Gasteiger partial charge >= 0.3 is 0 Å². The van der Waals surface area contributed by atoms with Crippen LogP contribution in [0.15, 0.2) is 42.5 Å². The third kappa shape index (κ3) is 5.64. The van der Waals surface area contributed by atoms with Gasteiger partial charge in [0.2, 0.25) is 11.8 Å². The number of hydrogen-bond acceptors (Lipinski definition) is 3. The molecule has 1 fully saturated rings. The normalized spacial score (nSPS) is 18.8. The lowest BCUT2D eigenvalue weighted by Gasteiger charge is -2.42. The van der Waals surface area contributed by atoms with Gasteiger partial charge in [0.15, 0.2) is 0 Å². The van der Waals surface area contributed by atoms with E-state index in [0.29, 0.717) is 36.7 Å². The highest BCUT2D eigenvalue weighted by atomic mass is 35.5. The minimum Gasteiger partial charge on any atom is -0.493 e. The Bertz CT molecular complexity index is 920. The van der Waals surface area contributed by atoms with Crippen LogP contribution in [-0.4, -0.2) is 36.4 Å². The monoisotopic (exact) mass is 452 g/mol. The van der Waals surface area contributed by atoms with Crippen molar-refractivity contribution in [3.05, 3.63) is 63.9 Å². The number of rotatable bonds is 7. The van der Waals surface area contributed by atoms with Crippen molar-refractivity contribution in [3.63, 3.8) is 0 Å². The second-order valence-corrected chi connectivity index (χ2v) is 8.53. The van der Waals surface area contributed by atoms with E-state index in [9.17, 15) is 14.0 Å². The van der Waals surface area contributed by atoms with Crippen LogP contribution in [0.4, 0.5) is 4.39 Å². The molecule has 0 radical (unpaired) electrons. The van der Waals surface area contributed by atoms with Crippen LogP contribution in [0.3, 0.4) is 0 Å². The SMILES string of the molecule is NC(=O)CC1(COc2cccc(Cl)c2)CCCN(C(=O)Cc2c(F)cccc2Cl)C1. The molecule has 5 nitrogen and oxygen atoms in total. The molecule has 2 N–H and O–H groups in total. The number of halogens is 3. The molecule has 1 unspecified atom stereocenters. The molecule has 2 aromatic rings. The van der Waals surface area contributed by atoms with Gasteiger partial charge in [-0.05, 0) is 43.2 Å². The first-order valence-electron chi connectivity index (χ1n) is 9.65. The molecule has 3 rings (SSSR count). The Morgan fingerprint density at radius 2 is 1.97 bits per heavy atom. The largest absolute Gasteiger partial charge is 0.493 e. The third-order valence-electron chi connectivity index (χ3n) is 5.29. The maximum absolute atomic E-state index is 14.1. The highest BCUT2D eigenvalue weighted by Gasteiger charge is 2.39. The lowest BCUT2D eigenvalue weighted by atomic mass is 9.77. The number of amides is 2. The maximum atomic E-state index is 14.1. The Morgan fingerprint density at radius 1 is 1.20 bits per heavy atom. The zero-order chi connectivity index (χ0) is 21.7. The molecule has 30 heavy (non-hydrogen) atoms. The summed E-state index contributed by atoms with van der Waals surface area (Å²) in [7, 11) is 0. The molecule has 1 aliphatic heterocycles. The second kappa shape index (κ2) is 9.67. The van der Waals surface area contributed by atoms with Gasteiger partial charge in [-0.1, -0.05) is 35.3 Å². The lowest BCUT2D eigenvalue weighted by Crippen LogP contribution is -2.50. The van der Waals surface area contributed by atoms with Gasteiger partial charge in [0, 0.05) is 40.5 Å². The fraction of sp³-hybridized carbons (Fsp3) is 0.364. The van der Waals surface area contributed by atoms with Gasteiger partial charge in [-0.2, -0.15) is 0 Å². The molecule has 2 amide bonds. The lowest BCUT2D eigenvalue weighted by molar-refractivity contribution is -0.136. The molecular weight excluding hydrogens is 430 g/mol. The van der Waals surface area contributed by atoms with Crippen LogP contribution in [0, 0.1) is 11.2 Å². The van der Waals surface area contributed by atoms with Crippen LogP contribution in [0.2, 0.25) is 10.0 Å². The fourth-order valence-corrected chi connectivity index (χ4v) is 4.27. The van der Waals surface area contributed by atoms with Crippen molar-refractivity contribution in [2.24, 2.45) is 11.1 Å². The highest BCUT2D eigenvalue weighted by molar-refractivity contribution is 6.31. The number of likely N-dealkylation sites (tertiary alicyclic amines) is 1. The van der Waals surface area contributed by atoms with E-state index >= 15 is 0 Å². The quantitative estimate of drug-likeness (QED) is 0.682. The van der Waals surface area contributed by atoms with E-state index in [-0.39, 0.29) is 35.9 Å². The average Bonchev–Trinajstić information content (AvgIpc) is 2.69. The van der Waals surface area contributed by atoms with E-state index in [1.54, 1.807) is 35.2 Å². The van der Waals surface area contributed by atoms with E-state index in [4.69, 9.17) is 33.7 Å². The topological polar surface area (TPSA) is 72.6 Å². The first-order valence-corrected chi connectivity index (χ1v) is 10.4. The second-order valence-electron chi connectivity index (χ2n) is 7.68. The van der Waals surface area contributed by atoms with Gasteiger partial charge in [0.05, 0.1) is 13.0 Å². The summed E-state index contributed by atoms with van der Waals surface area (Å²) in [5.74, 6) is -0.650. The number of ether oxygens (including phenoxy) is 1. The van der Waals surface area contributed by atoms with Crippen molar-refractivity contribution >= 4 is 35.0 Å². The third-order valence-corrected chi connectivity index (χ3v) is 5.88. The molecule has 0 spiro atoms. The summed E-state index contributed by atoms with van der Waals surface area (Å²) in [5.41, 5.74) is 5.05. The molecule has 0 aliphatic carbocycles. The molecule has 8 heteroatoms. The number of carbonyl (C=O) groups excluding carboxylic acids is 2. The zero-order valence-corrected chi connectivity index (χ0v) is 17.9.